The maximum Gasteiger partial charge on any atom is 0.220 e. The zero-order chi connectivity index (χ0) is 19.6. The van der Waals surface area contributed by atoms with Crippen LogP contribution in [0.4, 0.5) is 0 Å². The standard InChI is InChI=1S/C21H32N4O3.HI/c1-22-21(24-12-11-23-20(26)13-16-7-3-2-4-8-16)25-14-17-15-27-18-9-5-6-10-19(18)28-17;/h5-6,9-10,16-17H,2-4,7-8,11-15H2,1H3,(H,23,26)(H2,22,24,25);1H. The van der Waals surface area contributed by atoms with Crippen molar-refractivity contribution >= 4 is 35.8 Å². The Morgan fingerprint density at radius 1 is 1.07 bits per heavy atom. The predicted molar refractivity (Wildman–Crippen MR) is 125 cm³/mol. The topological polar surface area (TPSA) is 84.0 Å². The molecule has 1 aromatic carbocycles. The van der Waals surface area contributed by atoms with Crippen molar-refractivity contribution in [3.63, 3.8) is 0 Å². The van der Waals surface area contributed by atoms with E-state index in [9.17, 15) is 4.79 Å². The normalized spacial score (nSPS) is 19.1. The summed E-state index contributed by atoms with van der Waals surface area (Å²) in [5.74, 6) is 2.96. The van der Waals surface area contributed by atoms with E-state index < -0.39 is 0 Å². The minimum absolute atomic E-state index is 0. The number of guanidine groups is 1. The van der Waals surface area contributed by atoms with Gasteiger partial charge >= 0.3 is 0 Å². The molecule has 1 heterocycles. The monoisotopic (exact) mass is 516 g/mol. The highest BCUT2D eigenvalue weighted by Crippen LogP contribution is 2.30. The van der Waals surface area contributed by atoms with Crippen LogP contribution in [0, 0.1) is 5.92 Å². The van der Waals surface area contributed by atoms with E-state index in [0.29, 0.717) is 44.5 Å². The van der Waals surface area contributed by atoms with Crippen LogP contribution in [0.25, 0.3) is 0 Å². The fourth-order valence-corrected chi connectivity index (χ4v) is 3.70. The Bertz CT molecular complexity index is 665. The molecule has 3 N–H and O–H groups in total. The van der Waals surface area contributed by atoms with Crippen molar-refractivity contribution in [3.8, 4) is 11.5 Å². The number of carbonyl (C=O) groups is 1. The van der Waals surface area contributed by atoms with Gasteiger partial charge in [0.15, 0.2) is 17.5 Å². The van der Waals surface area contributed by atoms with Crippen molar-refractivity contribution in [1.82, 2.24) is 16.0 Å². The fraction of sp³-hybridized carbons (Fsp3) is 0.619. The molecule has 7 nitrogen and oxygen atoms in total. The summed E-state index contributed by atoms with van der Waals surface area (Å²) in [7, 11) is 1.73. The first-order valence-corrected chi connectivity index (χ1v) is 10.3. The number of halogens is 1. The number of nitrogens with zero attached hydrogens (tertiary/aromatic N) is 1. The summed E-state index contributed by atoms with van der Waals surface area (Å²) in [5.41, 5.74) is 0. The number of ether oxygens (including phenoxy) is 2. The third kappa shape index (κ3) is 7.91. The lowest BCUT2D eigenvalue weighted by atomic mass is 9.87. The van der Waals surface area contributed by atoms with Crippen molar-refractivity contribution in [2.45, 2.75) is 44.6 Å². The zero-order valence-corrected chi connectivity index (χ0v) is 19.4. The highest BCUT2D eigenvalue weighted by Gasteiger charge is 2.20. The Morgan fingerprint density at radius 3 is 2.55 bits per heavy atom. The number of amides is 1. The van der Waals surface area contributed by atoms with E-state index >= 15 is 0 Å². The lowest BCUT2D eigenvalue weighted by Gasteiger charge is -2.27. The van der Waals surface area contributed by atoms with E-state index in [1.165, 1.54) is 32.1 Å². The number of aliphatic imine (C=N–C) groups is 1. The number of fused-ring (bicyclic) bond motifs is 1. The highest BCUT2D eigenvalue weighted by molar-refractivity contribution is 14.0. The van der Waals surface area contributed by atoms with Crippen LogP contribution in [0.1, 0.15) is 38.5 Å². The van der Waals surface area contributed by atoms with Crippen LogP contribution < -0.4 is 25.4 Å². The van der Waals surface area contributed by atoms with Crippen molar-refractivity contribution in [1.29, 1.82) is 0 Å². The molecule has 0 saturated heterocycles. The molecular weight excluding hydrogens is 483 g/mol. The van der Waals surface area contributed by atoms with Crippen LogP contribution in [-0.4, -0.2) is 51.3 Å². The predicted octanol–water partition coefficient (Wildman–Crippen LogP) is 2.70. The molecule has 0 spiro atoms. The Hall–Kier alpha value is -1.71. The van der Waals surface area contributed by atoms with Gasteiger partial charge in [-0.2, -0.15) is 0 Å². The molecule has 8 heteroatoms. The molecule has 162 valence electrons. The Morgan fingerprint density at radius 2 is 1.79 bits per heavy atom. The first-order valence-electron chi connectivity index (χ1n) is 10.3. The maximum atomic E-state index is 12.0. The van der Waals surface area contributed by atoms with E-state index in [1.807, 2.05) is 24.3 Å². The van der Waals surface area contributed by atoms with Gasteiger partial charge in [-0.3, -0.25) is 9.79 Å². The van der Waals surface area contributed by atoms with E-state index in [1.54, 1.807) is 7.05 Å². The van der Waals surface area contributed by atoms with Gasteiger partial charge < -0.3 is 25.4 Å². The number of para-hydroxylation sites is 2. The summed E-state index contributed by atoms with van der Waals surface area (Å²) in [6.45, 7) is 2.30. The van der Waals surface area contributed by atoms with Crippen LogP contribution in [0.3, 0.4) is 0 Å². The summed E-state index contributed by atoms with van der Waals surface area (Å²) in [5, 5.41) is 9.46. The number of rotatable bonds is 7. The number of hydrogen-bond donors (Lipinski definition) is 3. The molecule has 1 aliphatic carbocycles. The van der Waals surface area contributed by atoms with Gasteiger partial charge in [-0.1, -0.05) is 31.4 Å². The van der Waals surface area contributed by atoms with Gasteiger partial charge in [-0.25, -0.2) is 0 Å². The van der Waals surface area contributed by atoms with Gasteiger partial charge in [-0.05, 0) is 30.9 Å². The summed E-state index contributed by atoms with van der Waals surface area (Å²) >= 11 is 0. The molecular formula is C21H33IN4O3. The molecule has 1 atom stereocenters. The van der Waals surface area contributed by atoms with Gasteiger partial charge in [-0.15, -0.1) is 24.0 Å². The second-order valence-electron chi connectivity index (χ2n) is 7.44. The first-order chi connectivity index (χ1) is 13.7. The van der Waals surface area contributed by atoms with Crippen LogP contribution in [0.15, 0.2) is 29.3 Å². The molecule has 29 heavy (non-hydrogen) atoms. The molecule has 1 aromatic rings. The van der Waals surface area contributed by atoms with E-state index in [0.717, 1.165) is 11.5 Å². The van der Waals surface area contributed by atoms with Gasteiger partial charge in [0.05, 0.1) is 6.54 Å². The Kier molecular flexibility index (Phi) is 10.4. The van der Waals surface area contributed by atoms with Crippen molar-refractivity contribution in [2.24, 2.45) is 10.9 Å². The average molecular weight is 516 g/mol. The quantitative estimate of drug-likeness (QED) is 0.225. The minimum atomic E-state index is -0.0800. The fourth-order valence-electron chi connectivity index (χ4n) is 3.70. The van der Waals surface area contributed by atoms with E-state index in [-0.39, 0.29) is 36.0 Å². The largest absolute Gasteiger partial charge is 0.486 e. The smallest absolute Gasteiger partial charge is 0.220 e. The number of carbonyl (C=O) groups excluding carboxylic acids is 1. The summed E-state index contributed by atoms with van der Waals surface area (Å²) < 4.78 is 11.6. The van der Waals surface area contributed by atoms with Gasteiger partial charge in [0, 0.05) is 26.6 Å². The van der Waals surface area contributed by atoms with Gasteiger partial charge in [0.25, 0.3) is 0 Å². The molecule has 0 bridgehead atoms. The van der Waals surface area contributed by atoms with E-state index in [4.69, 9.17) is 9.47 Å². The summed E-state index contributed by atoms with van der Waals surface area (Å²) in [4.78, 5) is 16.3. The second-order valence-corrected chi connectivity index (χ2v) is 7.44. The van der Waals surface area contributed by atoms with Crippen molar-refractivity contribution < 1.29 is 14.3 Å². The molecule has 1 unspecified atom stereocenters. The zero-order valence-electron chi connectivity index (χ0n) is 17.1. The van der Waals surface area contributed by atoms with Crippen molar-refractivity contribution in [3.05, 3.63) is 24.3 Å². The van der Waals surface area contributed by atoms with Crippen LogP contribution in [-0.2, 0) is 4.79 Å². The maximum absolute atomic E-state index is 12.0. The summed E-state index contributed by atoms with van der Waals surface area (Å²) in [6, 6.07) is 7.67. The van der Waals surface area contributed by atoms with Gasteiger partial charge in [0.2, 0.25) is 5.91 Å². The molecule has 3 rings (SSSR count). The van der Waals surface area contributed by atoms with Crippen LogP contribution in [0.2, 0.25) is 0 Å². The lowest BCUT2D eigenvalue weighted by Crippen LogP contribution is -2.46. The molecule has 1 aliphatic heterocycles. The number of benzene rings is 1. The molecule has 0 aromatic heterocycles. The first kappa shape index (κ1) is 23.6. The second kappa shape index (κ2) is 12.8. The SMILES string of the molecule is CN=C(NCCNC(=O)CC1CCCCC1)NCC1COc2ccccc2O1.I. The van der Waals surface area contributed by atoms with Gasteiger partial charge in [0.1, 0.15) is 12.7 Å². The highest BCUT2D eigenvalue weighted by atomic mass is 127. The van der Waals surface area contributed by atoms with E-state index in [2.05, 4.69) is 20.9 Å². The molecule has 1 fully saturated rings. The summed E-state index contributed by atoms with van der Waals surface area (Å²) in [6.07, 6.45) is 6.82. The average Bonchev–Trinajstić information content (AvgIpc) is 2.74. The van der Waals surface area contributed by atoms with Crippen LogP contribution in [0.5, 0.6) is 11.5 Å². The molecule has 1 saturated carbocycles. The number of nitrogens with one attached hydrogen (secondary N) is 3. The Labute approximate surface area is 190 Å². The minimum Gasteiger partial charge on any atom is -0.486 e. The third-order valence-electron chi connectivity index (χ3n) is 5.23. The molecule has 1 amide bonds. The molecule has 2 aliphatic rings. The Balaban J connectivity index is 0.00000300. The third-order valence-corrected chi connectivity index (χ3v) is 5.23. The lowest BCUT2D eigenvalue weighted by molar-refractivity contribution is -0.122. The number of hydrogen-bond acceptors (Lipinski definition) is 4. The van der Waals surface area contributed by atoms with Crippen LogP contribution >= 0.6 is 24.0 Å². The van der Waals surface area contributed by atoms with Crippen molar-refractivity contribution in [2.75, 3.05) is 33.3 Å². The molecule has 0 radical (unpaired) electrons.